The quantitative estimate of drug-likeness (QED) is 0.510. The van der Waals surface area contributed by atoms with Gasteiger partial charge in [0, 0.05) is 17.3 Å². The molecule has 1 aliphatic rings. The highest BCUT2D eigenvalue weighted by Crippen LogP contribution is 2.35. The first kappa shape index (κ1) is 20.8. The maximum absolute atomic E-state index is 12.4. The summed E-state index contributed by atoms with van der Waals surface area (Å²) in [6.45, 7) is 1.05. The van der Waals surface area contributed by atoms with Gasteiger partial charge in [-0.1, -0.05) is 11.6 Å². The number of amides is 2. The molecule has 1 aliphatic heterocycles. The monoisotopic (exact) mass is 440 g/mol. The third-order valence-corrected chi connectivity index (χ3v) is 5.02. The number of benzene rings is 2. The second kappa shape index (κ2) is 9.57. The molecule has 0 unspecified atom stereocenters. The lowest BCUT2D eigenvalue weighted by molar-refractivity contribution is -0.121. The fraction of sp³-hybridized carbons (Fsp3) is 0.217. The smallest absolute Gasteiger partial charge is 0.291 e. The molecule has 0 bridgehead atoms. The summed E-state index contributed by atoms with van der Waals surface area (Å²) >= 11 is 5.87. The van der Waals surface area contributed by atoms with Crippen LogP contribution in [-0.2, 0) is 4.79 Å². The highest BCUT2D eigenvalue weighted by atomic mass is 35.5. The van der Waals surface area contributed by atoms with Crippen LogP contribution in [0.3, 0.4) is 0 Å². The number of halogens is 1. The van der Waals surface area contributed by atoms with Crippen LogP contribution in [0.5, 0.6) is 11.5 Å². The van der Waals surface area contributed by atoms with Crippen LogP contribution in [0.1, 0.15) is 23.4 Å². The molecule has 0 aliphatic carbocycles. The SMILES string of the molecule is O=C(Nc1ccc2c(c1)N(CCCCOc1ccc(Cl)cc1)C(=O)CO2)c1ccco1. The molecule has 0 radical (unpaired) electrons. The van der Waals surface area contributed by atoms with Crippen LogP contribution in [0.4, 0.5) is 11.4 Å². The highest BCUT2D eigenvalue weighted by Gasteiger charge is 2.25. The third kappa shape index (κ3) is 5.19. The van der Waals surface area contributed by atoms with Crippen molar-refractivity contribution in [1.82, 2.24) is 0 Å². The number of hydrogen-bond acceptors (Lipinski definition) is 5. The van der Waals surface area contributed by atoms with Crippen LogP contribution < -0.4 is 19.7 Å². The van der Waals surface area contributed by atoms with Crippen molar-refractivity contribution in [2.24, 2.45) is 0 Å². The molecule has 4 rings (SSSR count). The minimum absolute atomic E-state index is 0.00756. The van der Waals surface area contributed by atoms with Gasteiger partial charge in [0.05, 0.1) is 18.6 Å². The van der Waals surface area contributed by atoms with Gasteiger partial charge in [-0.3, -0.25) is 9.59 Å². The second-order valence-corrected chi connectivity index (χ2v) is 7.39. The van der Waals surface area contributed by atoms with Gasteiger partial charge in [-0.25, -0.2) is 0 Å². The predicted molar refractivity (Wildman–Crippen MR) is 117 cm³/mol. The van der Waals surface area contributed by atoms with Gasteiger partial charge in [0.2, 0.25) is 0 Å². The molecule has 160 valence electrons. The number of hydrogen-bond donors (Lipinski definition) is 1. The van der Waals surface area contributed by atoms with Crippen molar-refractivity contribution in [1.29, 1.82) is 0 Å². The molecule has 2 heterocycles. The minimum Gasteiger partial charge on any atom is -0.494 e. The standard InChI is InChI=1S/C23H21ClN2O5/c24-16-5-8-18(9-6-16)29-12-2-1-11-26-19-14-17(7-10-20(19)31-15-22(26)27)25-23(28)21-4-3-13-30-21/h3-10,13-14H,1-2,11-12,15H2,(H,25,28). The molecule has 0 saturated heterocycles. The number of unbranched alkanes of at least 4 members (excludes halogenated alkanes) is 1. The van der Waals surface area contributed by atoms with Crippen molar-refractivity contribution in [2.75, 3.05) is 30.0 Å². The van der Waals surface area contributed by atoms with Crippen LogP contribution >= 0.6 is 11.6 Å². The number of fused-ring (bicyclic) bond motifs is 1. The minimum atomic E-state index is -0.362. The van der Waals surface area contributed by atoms with E-state index in [1.54, 1.807) is 47.4 Å². The Bertz CT molecular complexity index is 1050. The number of anilines is 2. The van der Waals surface area contributed by atoms with E-state index < -0.39 is 0 Å². The predicted octanol–water partition coefficient (Wildman–Crippen LogP) is 4.77. The normalized spacial score (nSPS) is 12.8. The van der Waals surface area contributed by atoms with E-state index in [0.29, 0.717) is 35.3 Å². The third-order valence-electron chi connectivity index (χ3n) is 4.76. The maximum Gasteiger partial charge on any atom is 0.291 e. The molecule has 31 heavy (non-hydrogen) atoms. The number of furan rings is 1. The zero-order chi connectivity index (χ0) is 21.6. The molecule has 0 spiro atoms. The second-order valence-electron chi connectivity index (χ2n) is 6.96. The van der Waals surface area contributed by atoms with Gasteiger partial charge < -0.3 is 24.1 Å². The number of nitrogens with one attached hydrogen (secondary N) is 1. The molecular weight excluding hydrogens is 420 g/mol. The zero-order valence-corrected chi connectivity index (χ0v) is 17.4. The van der Waals surface area contributed by atoms with E-state index in [2.05, 4.69) is 5.32 Å². The molecule has 1 N–H and O–H groups in total. The van der Waals surface area contributed by atoms with Gasteiger partial charge in [-0.15, -0.1) is 0 Å². The lowest BCUT2D eigenvalue weighted by Gasteiger charge is -2.30. The van der Waals surface area contributed by atoms with Crippen LogP contribution in [0.15, 0.2) is 65.3 Å². The number of rotatable bonds is 8. The van der Waals surface area contributed by atoms with E-state index in [-0.39, 0.29) is 24.2 Å². The van der Waals surface area contributed by atoms with Crippen LogP contribution in [-0.4, -0.2) is 31.6 Å². The van der Waals surface area contributed by atoms with Crippen molar-refractivity contribution in [3.05, 3.63) is 71.6 Å². The molecule has 0 atom stereocenters. The number of nitrogens with zero attached hydrogens (tertiary/aromatic N) is 1. The lowest BCUT2D eigenvalue weighted by atomic mass is 10.2. The molecular formula is C23H21ClN2O5. The Morgan fingerprint density at radius 3 is 2.74 bits per heavy atom. The van der Waals surface area contributed by atoms with Gasteiger partial charge in [-0.2, -0.15) is 0 Å². The first-order valence-corrected chi connectivity index (χ1v) is 10.3. The summed E-state index contributed by atoms with van der Waals surface area (Å²) in [7, 11) is 0. The summed E-state index contributed by atoms with van der Waals surface area (Å²) in [6.07, 6.45) is 2.96. The maximum atomic E-state index is 12.4. The van der Waals surface area contributed by atoms with E-state index in [9.17, 15) is 9.59 Å². The number of ether oxygens (including phenoxy) is 2. The zero-order valence-electron chi connectivity index (χ0n) is 16.7. The van der Waals surface area contributed by atoms with E-state index in [1.807, 2.05) is 12.1 Å². The molecule has 8 heteroatoms. The van der Waals surface area contributed by atoms with Crippen molar-refractivity contribution < 1.29 is 23.5 Å². The summed E-state index contributed by atoms with van der Waals surface area (Å²) in [5.41, 5.74) is 1.18. The van der Waals surface area contributed by atoms with E-state index in [1.165, 1.54) is 6.26 Å². The Kier molecular flexibility index (Phi) is 6.43. The number of carbonyl (C=O) groups excluding carboxylic acids is 2. The van der Waals surface area contributed by atoms with Gasteiger partial charge in [0.1, 0.15) is 11.5 Å². The first-order valence-electron chi connectivity index (χ1n) is 9.90. The Morgan fingerprint density at radius 2 is 1.97 bits per heavy atom. The van der Waals surface area contributed by atoms with Crippen molar-refractivity contribution in [3.8, 4) is 11.5 Å². The van der Waals surface area contributed by atoms with Crippen LogP contribution in [0.25, 0.3) is 0 Å². The summed E-state index contributed by atoms with van der Waals surface area (Å²) in [6, 6.07) is 15.6. The van der Waals surface area contributed by atoms with E-state index in [4.69, 9.17) is 25.5 Å². The Hall–Kier alpha value is -3.45. The molecule has 0 saturated carbocycles. The van der Waals surface area contributed by atoms with Crippen molar-refractivity contribution >= 4 is 34.8 Å². The first-order chi connectivity index (χ1) is 15.1. The summed E-state index contributed by atoms with van der Waals surface area (Å²) < 4.78 is 16.3. The molecule has 3 aromatic rings. The molecule has 7 nitrogen and oxygen atoms in total. The van der Waals surface area contributed by atoms with Gasteiger partial charge in [-0.05, 0) is 67.4 Å². The van der Waals surface area contributed by atoms with Crippen molar-refractivity contribution in [3.63, 3.8) is 0 Å². The van der Waals surface area contributed by atoms with Crippen molar-refractivity contribution in [2.45, 2.75) is 12.8 Å². The van der Waals surface area contributed by atoms with Crippen LogP contribution in [0, 0.1) is 0 Å². The van der Waals surface area contributed by atoms with Gasteiger partial charge in [0.25, 0.3) is 11.8 Å². The van der Waals surface area contributed by atoms with E-state index in [0.717, 1.165) is 18.6 Å². The average molecular weight is 441 g/mol. The Morgan fingerprint density at radius 1 is 1.13 bits per heavy atom. The Balaban J connectivity index is 1.35. The van der Waals surface area contributed by atoms with Crippen LogP contribution in [0.2, 0.25) is 5.02 Å². The molecule has 0 fully saturated rings. The van der Waals surface area contributed by atoms with Gasteiger partial charge >= 0.3 is 0 Å². The lowest BCUT2D eigenvalue weighted by Crippen LogP contribution is -2.39. The summed E-state index contributed by atoms with van der Waals surface area (Å²) in [5.74, 6) is 1.09. The fourth-order valence-electron chi connectivity index (χ4n) is 3.22. The Labute approximate surface area is 184 Å². The summed E-state index contributed by atoms with van der Waals surface area (Å²) in [4.78, 5) is 26.4. The molecule has 2 amide bonds. The van der Waals surface area contributed by atoms with E-state index >= 15 is 0 Å². The molecule has 2 aromatic carbocycles. The highest BCUT2D eigenvalue weighted by molar-refractivity contribution is 6.30. The largest absolute Gasteiger partial charge is 0.494 e. The topological polar surface area (TPSA) is 81.0 Å². The molecule has 1 aromatic heterocycles. The number of carbonyl (C=O) groups is 2. The van der Waals surface area contributed by atoms with Gasteiger partial charge in [0.15, 0.2) is 12.4 Å². The summed E-state index contributed by atoms with van der Waals surface area (Å²) in [5, 5.41) is 3.44. The fourth-order valence-corrected chi connectivity index (χ4v) is 3.34. The average Bonchev–Trinajstić information content (AvgIpc) is 3.31.